The number of carbonyl (C=O) groups is 1. The zero-order chi connectivity index (χ0) is 12.5. The molecule has 1 N–H and O–H groups in total. The second kappa shape index (κ2) is 4.49. The topological polar surface area (TPSA) is 56.8 Å². The molecule has 1 unspecified atom stereocenters. The minimum Gasteiger partial charge on any atom is -0.460 e. The van der Waals surface area contributed by atoms with E-state index in [9.17, 15) is 4.79 Å². The number of rotatable bonds is 2. The number of nitrogens with one attached hydrogen (secondary N) is 1. The van der Waals surface area contributed by atoms with Crippen LogP contribution in [-0.4, -0.2) is 25.7 Å². The number of ether oxygens (including phenoxy) is 3. The van der Waals surface area contributed by atoms with Crippen LogP contribution in [0.1, 0.15) is 13.3 Å². The van der Waals surface area contributed by atoms with E-state index in [4.69, 9.17) is 14.2 Å². The second-order valence-corrected chi connectivity index (χ2v) is 4.46. The van der Waals surface area contributed by atoms with Crippen molar-refractivity contribution in [1.29, 1.82) is 0 Å². The molecule has 0 aromatic heterocycles. The smallest absolute Gasteiger partial charge is 0.377 e. The molecule has 96 valence electrons. The van der Waals surface area contributed by atoms with Gasteiger partial charge >= 0.3 is 5.97 Å². The Kier molecular flexibility index (Phi) is 2.83. The molecule has 0 aromatic carbocycles. The van der Waals surface area contributed by atoms with Crippen LogP contribution in [0.3, 0.4) is 0 Å². The van der Waals surface area contributed by atoms with Gasteiger partial charge in [-0.05, 0) is 18.6 Å². The molecule has 3 rings (SSSR count). The van der Waals surface area contributed by atoms with E-state index in [1.807, 2.05) is 6.08 Å². The lowest BCUT2D eigenvalue weighted by Gasteiger charge is -2.25. The summed E-state index contributed by atoms with van der Waals surface area (Å²) in [5.41, 5.74) is 1.34. The summed E-state index contributed by atoms with van der Waals surface area (Å²) in [5, 5.41) is 3.31. The molecule has 5 heteroatoms. The minimum atomic E-state index is -0.483. The van der Waals surface area contributed by atoms with Gasteiger partial charge in [0.15, 0.2) is 5.76 Å². The molecule has 0 bridgehead atoms. The predicted octanol–water partition coefficient (Wildman–Crippen LogP) is 1.20. The Morgan fingerprint density at radius 1 is 1.61 bits per heavy atom. The van der Waals surface area contributed by atoms with Gasteiger partial charge in [0.2, 0.25) is 5.76 Å². The Labute approximate surface area is 105 Å². The van der Waals surface area contributed by atoms with E-state index in [1.54, 1.807) is 6.92 Å². The molecule has 2 heterocycles. The predicted molar refractivity (Wildman–Crippen MR) is 63.0 cm³/mol. The largest absolute Gasteiger partial charge is 0.460 e. The van der Waals surface area contributed by atoms with Crippen molar-refractivity contribution in [2.45, 2.75) is 13.3 Å². The van der Waals surface area contributed by atoms with Crippen LogP contribution in [0.4, 0.5) is 0 Å². The first kappa shape index (κ1) is 11.3. The highest BCUT2D eigenvalue weighted by Gasteiger charge is 2.32. The van der Waals surface area contributed by atoms with Gasteiger partial charge in [0.1, 0.15) is 12.0 Å². The summed E-state index contributed by atoms with van der Waals surface area (Å²) in [6.07, 6.45) is 4.09. The van der Waals surface area contributed by atoms with Crippen LogP contribution < -0.4 is 5.32 Å². The summed E-state index contributed by atoms with van der Waals surface area (Å²) in [5.74, 6) is 1.52. The highest BCUT2D eigenvalue weighted by molar-refractivity contribution is 5.86. The van der Waals surface area contributed by atoms with Crippen molar-refractivity contribution in [2.75, 3.05) is 19.7 Å². The van der Waals surface area contributed by atoms with Crippen molar-refractivity contribution < 1.29 is 19.0 Å². The lowest BCUT2D eigenvalue weighted by Crippen LogP contribution is -2.19. The maximum atomic E-state index is 11.6. The highest BCUT2D eigenvalue weighted by atomic mass is 16.6. The highest BCUT2D eigenvalue weighted by Crippen LogP contribution is 2.35. The Morgan fingerprint density at radius 2 is 2.50 bits per heavy atom. The van der Waals surface area contributed by atoms with Gasteiger partial charge in [-0.15, -0.1) is 0 Å². The maximum absolute atomic E-state index is 11.6. The first-order valence-corrected chi connectivity index (χ1v) is 6.14. The van der Waals surface area contributed by atoms with Crippen LogP contribution in [0.15, 0.2) is 35.2 Å². The molecule has 1 aliphatic carbocycles. The fourth-order valence-corrected chi connectivity index (χ4v) is 2.37. The van der Waals surface area contributed by atoms with Gasteiger partial charge in [-0.2, -0.15) is 0 Å². The molecule has 1 fully saturated rings. The maximum Gasteiger partial charge on any atom is 0.377 e. The average Bonchev–Trinajstić information content (AvgIpc) is 2.82. The standard InChI is InChI=1S/C13H15NO4/c1-2-16-13(15)12-7-17-10-3-8-5-14-6-9(8)4-11(10)18-12/h3,7,9,14H,2,4-6H2,1H3. The Balaban J connectivity index is 1.75. The van der Waals surface area contributed by atoms with Gasteiger partial charge in [-0.3, -0.25) is 0 Å². The van der Waals surface area contributed by atoms with Crippen LogP contribution in [0, 0.1) is 5.92 Å². The molecule has 0 aromatic rings. The van der Waals surface area contributed by atoms with Crippen LogP contribution >= 0.6 is 0 Å². The third-order valence-electron chi connectivity index (χ3n) is 3.27. The minimum absolute atomic E-state index is 0.124. The van der Waals surface area contributed by atoms with Gasteiger partial charge < -0.3 is 19.5 Å². The summed E-state index contributed by atoms with van der Waals surface area (Å²) >= 11 is 0. The van der Waals surface area contributed by atoms with Gasteiger partial charge in [0.05, 0.1) is 6.61 Å². The van der Waals surface area contributed by atoms with Crippen molar-refractivity contribution in [3.05, 3.63) is 35.2 Å². The normalized spacial score (nSPS) is 25.3. The molecule has 1 saturated heterocycles. The first-order chi connectivity index (χ1) is 8.78. The molecule has 2 aliphatic heterocycles. The monoisotopic (exact) mass is 249 g/mol. The van der Waals surface area contributed by atoms with E-state index in [0.29, 0.717) is 18.3 Å². The molecular weight excluding hydrogens is 234 g/mol. The molecule has 18 heavy (non-hydrogen) atoms. The van der Waals surface area contributed by atoms with Crippen LogP contribution in [0.25, 0.3) is 0 Å². The number of allylic oxidation sites excluding steroid dienone is 2. The van der Waals surface area contributed by atoms with Crippen LogP contribution in [-0.2, 0) is 19.0 Å². The molecule has 0 radical (unpaired) electrons. The van der Waals surface area contributed by atoms with E-state index < -0.39 is 5.97 Å². The van der Waals surface area contributed by atoms with E-state index >= 15 is 0 Å². The van der Waals surface area contributed by atoms with E-state index in [1.165, 1.54) is 11.8 Å². The van der Waals surface area contributed by atoms with Crippen molar-refractivity contribution in [1.82, 2.24) is 5.32 Å². The van der Waals surface area contributed by atoms with E-state index in [0.717, 1.165) is 25.3 Å². The quantitative estimate of drug-likeness (QED) is 0.745. The summed E-state index contributed by atoms with van der Waals surface area (Å²) in [6.45, 7) is 3.93. The van der Waals surface area contributed by atoms with Crippen molar-refractivity contribution in [2.24, 2.45) is 5.92 Å². The fraction of sp³-hybridized carbons (Fsp3) is 0.462. The van der Waals surface area contributed by atoms with Crippen LogP contribution in [0.2, 0.25) is 0 Å². The zero-order valence-electron chi connectivity index (χ0n) is 10.2. The SMILES string of the molecule is CCOC(=O)C1=COC2=C(CC3CNCC3=C2)O1. The molecule has 0 spiro atoms. The fourth-order valence-electron chi connectivity index (χ4n) is 2.37. The number of carbonyl (C=O) groups excluding carboxylic acids is 1. The van der Waals surface area contributed by atoms with Crippen molar-refractivity contribution >= 4 is 5.97 Å². The average molecular weight is 249 g/mol. The van der Waals surface area contributed by atoms with E-state index in [-0.39, 0.29) is 5.76 Å². The summed E-state index contributed by atoms with van der Waals surface area (Å²) in [6, 6.07) is 0. The van der Waals surface area contributed by atoms with Crippen LogP contribution in [0.5, 0.6) is 0 Å². The molecule has 5 nitrogen and oxygen atoms in total. The third kappa shape index (κ3) is 1.90. The third-order valence-corrected chi connectivity index (χ3v) is 3.27. The van der Waals surface area contributed by atoms with Gasteiger partial charge in [-0.1, -0.05) is 0 Å². The lowest BCUT2D eigenvalue weighted by molar-refractivity contribution is -0.142. The summed E-state index contributed by atoms with van der Waals surface area (Å²) in [7, 11) is 0. The van der Waals surface area contributed by atoms with Gasteiger partial charge in [0.25, 0.3) is 0 Å². The molecule has 0 saturated carbocycles. The zero-order valence-corrected chi connectivity index (χ0v) is 10.2. The van der Waals surface area contributed by atoms with Crippen molar-refractivity contribution in [3.8, 4) is 0 Å². The van der Waals surface area contributed by atoms with Gasteiger partial charge in [-0.25, -0.2) is 4.79 Å². The molecule has 0 amide bonds. The Hall–Kier alpha value is -1.75. The van der Waals surface area contributed by atoms with Gasteiger partial charge in [0, 0.05) is 25.4 Å². The lowest BCUT2D eigenvalue weighted by atomic mass is 9.92. The Bertz CT molecular complexity index is 475. The second-order valence-electron chi connectivity index (χ2n) is 4.46. The summed E-state index contributed by atoms with van der Waals surface area (Å²) in [4.78, 5) is 11.6. The summed E-state index contributed by atoms with van der Waals surface area (Å²) < 4.78 is 15.9. The molecule has 1 atom stereocenters. The molecular formula is C13H15NO4. The molecule has 3 aliphatic rings. The Morgan fingerprint density at radius 3 is 3.33 bits per heavy atom. The number of hydrogen-bond acceptors (Lipinski definition) is 5. The van der Waals surface area contributed by atoms with Crippen molar-refractivity contribution in [3.63, 3.8) is 0 Å². The first-order valence-electron chi connectivity index (χ1n) is 6.14. The number of esters is 1. The van der Waals surface area contributed by atoms with E-state index in [2.05, 4.69) is 5.32 Å². The number of hydrogen-bond donors (Lipinski definition) is 1. The number of fused-ring (bicyclic) bond motifs is 1.